The van der Waals surface area contributed by atoms with Gasteiger partial charge in [0.2, 0.25) is 0 Å². The molecule has 1 aliphatic heterocycles. The topological polar surface area (TPSA) is 115 Å². The van der Waals surface area contributed by atoms with Gasteiger partial charge in [0.15, 0.2) is 27.8 Å². The van der Waals surface area contributed by atoms with Gasteiger partial charge in [-0.05, 0) is 55.3 Å². The number of carbonyl (C=O) groups excluding carboxylic acids is 2. The van der Waals surface area contributed by atoms with E-state index in [2.05, 4.69) is 4.99 Å². The van der Waals surface area contributed by atoms with Gasteiger partial charge in [-0.2, -0.15) is 0 Å². The SMILES string of the molecule is CCOC(=O)C1=C(C)N=c2s/c(=C\c3ccc(OC)c(OC)c3)c(=O)n2C1c1ccc(OC(C)=O)c(OC)c1. The number of esters is 2. The quantitative estimate of drug-likeness (QED) is 0.310. The molecule has 10 nitrogen and oxygen atoms in total. The molecule has 0 N–H and O–H groups in total. The number of methoxy groups -OCH3 is 3. The molecular formula is C28H28N2O8S. The van der Waals surface area contributed by atoms with E-state index in [-0.39, 0.29) is 29.2 Å². The van der Waals surface area contributed by atoms with E-state index in [0.29, 0.717) is 32.1 Å². The Kier molecular flexibility index (Phi) is 8.20. The van der Waals surface area contributed by atoms with Crippen molar-refractivity contribution in [3.8, 4) is 23.0 Å². The fraction of sp³-hybridized carbons (Fsp3) is 0.286. The molecule has 4 rings (SSSR count). The Morgan fingerprint density at radius 2 is 1.67 bits per heavy atom. The Bertz CT molecular complexity index is 1650. The highest BCUT2D eigenvalue weighted by Gasteiger charge is 2.34. The number of ether oxygens (including phenoxy) is 5. The third-order valence-electron chi connectivity index (χ3n) is 5.98. The van der Waals surface area contributed by atoms with E-state index in [4.69, 9.17) is 23.7 Å². The Hall–Kier alpha value is -4.38. The van der Waals surface area contributed by atoms with Crippen LogP contribution in [-0.4, -0.2) is 44.4 Å². The van der Waals surface area contributed by atoms with Gasteiger partial charge in [0.1, 0.15) is 0 Å². The second kappa shape index (κ2) is 11.6. The average molecular weight is 553 g/mol. The highest BCUT2D eigenvalue weighted by atomic mass is 32.1. The van der Waals surface area contributed by atoms with Crippen LogP contribution in [0, 0.1) is 0 Å². The Labute approximate surface area is 228 Å². The number of rotatable bonds is 8. The molecule has 0 radical (unpaired) electrons. The van der Waals surface area contributed by atoms with Crippen LogP contribution in [-0.2, 0) is 14.3 Å². The van der Waals surface area contributed by atoms with Gasteiger partial charge in [-0.25, -0.2) is 9.79 Å². The first-order valence-electron chi connectivity index (χ1n) is 12.0. The summed E-state index contributed by atoms with van der Waals surface area (Å²) in [7, 11) is 4.52. The van der Waals surface area contributed by atoms with Gasteiger partial charge in [0.25, 0.3) is 5.56 Å². The van der Waals surface area contributed by atoms with Crippen molar-refractivity contribution in [3.05, 3.63) is 78.5 Å². The summed E-state index contributed by atoms with van der Waals surface area (Å²) < 4.78 is 28.6. The predicted molar refractivity (Wildman–Crippen MR) is 144 cm³/mol. The zero-order chi connectivity index (χ0) is 28.3. The number of allylic oxidation sites excluding steroid dienone is 1. The third-order valence-corrected chi connectivity index (χ3v) is 6.96. The molecule has 1 aromatic heterocycles. The molecule has 0 aliphatic carbocycles. The minimum absolute atomic E-state index is 0.154. The molecule has 204 valence electrons. The molecule has 0 spiro atoms. The molecule has 0 saturated carbocycles. The molecule has 1 unspecified atom stereocenters. The number of aromatic nitrogens is 1. The van der Waals surface area contributed by atoms with Crippen molar-refractivity contribution in [1.29, 1.82) is 0 Å². The minimum atomic E-state index is -0.854. The lowest BCUT2D eigenvalue weighted by Gasteiger charge is -2.25. The molecule has 3 aromatic rings. The normalized spacial score (nSPS) is 14.8. The highest BCUT2D eigenvalue weighted by Crippen LogP contribution is 2.36. The van der Waals surface area contributed by atoms with Gasteiger partial charge in [-0.3, -0.25) is 14.2 Å². The summed E-state index contributed by atoms with van der Waals surface area (Å²) in [5.41, 5.74) is 1.60. The summed E-state index contributed by atoms with van der Waals surface area (Å²) in [5, 5.41) is 0. The molecule has 0 saturated heterocycles. The highest BCUT2D eigenvalue weighted by molar-refractivity contribution is 7.07. The van der Waals surface area contributed by atoms with Crippen molar-refractivity contribution >= 4 is 29.4 Å². The van der Waals surface area contributed by atoms with Crippen LogP contribution in [0.5, 0.6) is 23.0 Å². The molecule has 2 heterocycles. The second-order valence-electron chi connectivity index (χ2n) is 8.42. The maximum absolute atomic E-state index is 13.8. The first-order chi connectivity index (χ1) is 18.7. The molecular weight excluding hydrogens is 524 g/mol. The predicted octanol–water partition coefficient (Wildman–Crippen LogP) is 2.75. The summed E-state index contributed by atoms with van der Waals surface area (Å²) in [5.74, 6) is 0.489. The van der Waals surface area contributed by atoms with Crippen molar-refractivity contribution in [2.45, 2.75) is 26.8 Å². The van der Waals surface area contributed by atoms with Crippen LogP contribution in [0.2, 0.25) is 0 Å². The van der Waals surface area contributed by atoms with Crippen LogP contribution in [0.4, 0.5) is 0 Å². The number of carbonyl (C=O) groups is 2. The molecule has 0 bridgehead atoms. The van der Waals surface area contributed by atoms with E-state index in [1.54, 1.807) is 57.4 Å². The fourth-order valence-electron chi connectivity index (χ4n) is 4.29. The zero-order valence-electron chi connectivity index (χ0n) is 22.4. The number of hydrogen-bond donors (Lipinski definition) is 0. The lowest BCUT2D eigenvalue weighted by Crippen LogP contribution is -2.40. The molecule has 0 amide bonds. The second-order valence-corrected chi connectivity index (χ2v) is 9.43. The first kappa shape index (κ1) is 27.6. The van der Waals surface area contributed by atoms with Gasteiger partial charge < -0.3 is 23.7 Å². The fourth-order valence-corrected chi connectivity index (χ4v) is 5.34. The monoisotopic (exact) mass is 552 g/mol. The maximum atomic E-state index is 13.8. The van der Waals surface area contributed by atoms with Crippen molar-refractivity contribution in [3.63, 3.8) is 0 Å². The molecule has 0 fully saturated rings. The Morgan fingerprint density at radius 3 is 2.31 bits per heavy atom. The van der Waals surface area contributed by atoms with Crippen molar-refractivity contribution < 1.29 is 33.3 Å². The molecule has 39 heavy (non-hydrogen) atoms. The minimum Gasteiger partial charge on any atom is -0.493 e. The molecule has 2 aromatic carbocycles. The molecule has 1 atom stereocenters. The zero-order valence-corrected chi connectivity index (χ0v) is 23.2. The van der Waals surface area contributed by atoms with Crippen LogP contribution in [0.25, 0.3) is 6.08 Å². The first-order valence-corrected chi connectivity index (χ1v) is 12.8. The van der Waals surface area contributed by atoms with Gasteiger partial charge in [-0.1, -0.05) is 23.5 Å². The third kappa shape index (κ3) is 5.44. The Balaban J connectivity index is 1.93. The van der Waals surface area contributed by atoms with Crippen LogP contribution < -0.4 is 33.8 Å². The van der Waals surface area contributed by atoms with Crippen LogP contribution >= 0.6 is 11.3 Å². The summed E-state index contributed by atoms with van der Waals surface area (Å²) >= 11 is 1.20. The van der Waals surface area contributed by atoms with E-state index in [1.807, 2.05) is 6.07 Å². The summed E-state index contributed by atoms with van der Waals surface area (Å²) in [6.07, 6.45) is 1.73. The van der Waals surface area contributed by atoms with Crippen molar-refractivity contribution in [2.24, 2.45) is 4.99 Å². The molecule has 11 heteroatoms. The summed E-state index contributed by atoms with van der Waals surface area (Å²) in [4.78, 5) is 43.5. The van der Waals surface area contributed by atoms with Gasteiger partial charge in [0.05, 0.1) is 49.8 Å². The number of nitrogens with zero attached hydrogens (tertiary/aromatic N) is 2. The van der Waals surface area contributed by atoms with E-state index >= 15 is 0 Å². The van der Waals surface area contributed by atoms with E-state index < -0.39 is 18.0 Å². The van der Waals surface area contributed by atoms with Crippen LogP contribution in [0.3, 0.4) is 0 Å². The number of fused-ring (bicyclic) bond motifs is 1. The summed E-state index contributed by atoms with van der Waals surface area (Å²) in [6, 6.07) is 9.35. The number of hydrogen-bond acceptors (Lipinski definition) is 10. The lowest BCUT2D eigenvalue weighted by atomic mass is 9.95. The van der Waals surface area contributed by atoms with E-state index in [1.165, 1.54) is 37.0 Å². The van der Waals surface area contributed by atoms with Gasteiger partial charge in [-0.15, -0.1) is 0 Å². The Morgan fingerprint density at radius 1 is 1.00 bits per heavy atom. The van der Waals surface area contributed by atoms with E-state index in [9.17, 15) is 14.4 Å². The van der Waals surface area contributed by atoms with Crippen molar-refractivity contribution in [2.75, 3.05) is 27.9 Å². The largest absolute Gasteiger partial charge is 0.493 e. The molecule has 1 aliphatic rings. The smallest absolute Gasteiger partial charge is 0.338 e. The van der Waals surface area contributed by atoms with Crippen LogP contribution in [0.15, 0.2) is 57.5 Å². The average Bonchev–Trinajstić information content (AvgIpc) is 3.21. The van der Waals surface area contributed by atoms with Gasteiger partial charge >= 0.3 is 11.9 Å². The maximum Gasteiger partial charge on any atom is 0.338 e. The van der Waals surface area contributed by atoms with E-state index in [0.717, 1.165) is 5.56 Å². The summed E-state index contributed by atoms with van der Waals surface area (Å²) in [6.45, 7) is 4.85. The lowest BCUT2D eigenvalue weighted by molar-refractivity contribution is -0.139. The van der Waals surface area contributed by atoms with Crippen molar-refractivity contribution in [1.82, 2.24) is 4.57 Å². The van der Waals surface area contributed by atoms with Gasteiger partial charge in [0, 0.05) is 6.92 Å². The number of benzene rings is 2. The van der Waals surface area contributed by atoms with Crippen LogP contribution in [0.1, 0.15) is 37.9 Å². The number of thiazole rings is 1. The standard InChI is InChI=1S/C28H28N2O8S/c1-7-37-27(33)24-15(2)29-28-30(25(24)18-9-11-20(38-16(3)31)22(14-18)36-6)26(32)23(39-28)13-17-8-10-19(34-4)21(12-17)35-5/h8-14,25H,7H2,1-6H3/b23-13-.